The average molecular weight is 273 g/mol. The molecule has 0 bridgehead atoms. The van der Waals surface area contributed by atoms with Crippen molar-refractivity contribution in [1.29, 1.82) is 5.26 Å². The number of aliphatic hydroxyl groups is 1. The molecular formula is C15H19N3O2. The maximum absolute atomic E-state index is 11.4. The number of carbonyl (C=O) groups excluding carboxylic acids is 1. The largest absolute Gasteiger partial charge is 0.387 e. The number of rotatable bonds is 4. The van der Waals surface area contributed by atoms with Gasteiger partial charge < -0.3 is 15.3 Å². The third kappa shape index (κ3) is 3.56. The van der Waals surface area contributed by atoms with E-state index in [4.69, 9.17) is 5.26 Å². The molecule has 1 aromatic rings. The van der Waals surface area contributed by atoms with E-state index in [1.54, 1.807) is 36.2 Å². The molecular weight excluding hydrogens is 254 g/mol. The van der Waals surface area contributed by atoms with E-state index in [0.29, 0.717) is 25.1 Å². The summed E-state index contributed by atoms with van der Waals surface area (Å²) in [6.07, 6.45) is 0.760. The van der Waals surface area contributed by atoms with Crippen LogP contribution < -0.4 is 5.32 Å². The average Bonchev–Trinajstić information content (AvgIpc) is 2.48. The molecule has 20 heavy (non-hydrogen) atoms. The van der Waals surface area contributed by atoms with Crippen LogP contribution in [0.3, 0.4) is 0 Å². The number of piperidine rings is 1. The standard InChI is InChI=1S/C15H19N3O2/c1-18-10-13(6-7-15(18)20)17-9-14(19)12-4-2-11(8-16)3-5-12/h2-5,13-14,17,19H,6-7,9-10H2,1H3. The second-order valence-electron chi connectivity index (χ2n) is 5.17. The van der Waals surface area contributed by atoms with Crippen LogP contribution in [-0.4, -0.2) is 42.1 Å². The summed E-state index contributed by atoms with van der Waals surface area (Å²) in [5, 5.41) is 22.1. The summed E-state index contributed by atoms with van der Waals surface area (Å²) in [4.78, 5) is 13.1. The fourth-order valence-electron chi connectivity index (χ4n) is 2.35. The molecule has 0 aromatic heterocycles. The minimum atomic E-state index is -0.606. The van der Waals surface area contributed by atoms with Gasteiger partial charge in [-0.2, -0.15) is 5.26 Å². The van der Waals surface area contributed by atoms with E-state index < -0.39 is 6.10 Å². The minimum Gasteiger partial charge on any atom is -0.387 e. The maximum Gasteiger partial charge on any atom is 0.222 e. The Morgan fingerprint density at radius 1 is 1.50 bits per heavy atom. The minimum absolute atomic E-state index is 0.177. The van der Waals surface area contributed by atoms with E-state index in [9.17, 15) is 9.90 Å². The monoisotopic (exact) mass is 273 g/mol. The zero-order valence-electron chi connectivity index (χ0n) is 11.5. The number of amides is 1. The number of nitrogens with one attached hydrogen (secondary N) is 1. The van der Waals surface area contributed by atoms with E-state index in [2.05, 4.69) is 11.4 Å². The summed E-state index contributed by atoms with van der Waals surface area (Å²) < 4.78 is 0. The van der Waals surface area contributed by atoms with Crippen LogP contribution in [0.1, 0.15) is 30.1 Å². The van der Waals surface area contributed by atoms with Gasteiger partial charge in [0, 0.05) is 32.6 Å². The van der Waals surface area contributed by atoms with Crippen LogP contribution in [0, 0.1) is 11.3 Å². The predicted octanol–water partition coefficient (Wildman–Crippen LogP) is 0.802. The quantitative estimate of drug-likeness (QED) is 0.851. The Morgan fingerprint density at radius 2 is 2.20 bits per heavy atom. The van der Waals surface area contributed by atoms with Crippen molar-refractivity contribution in [2.75, 3.05) is 20.1 Å². The van der Waals surface area contributed by atoms with Crippen molar-refractivity contribution in [3.63, 3.8) is 0 Å². The maximum atomic E-state index is 11.4. The second kappa shape index (κ2) is 6.51. The summed E-state index contributed by atoms with van der Waals surface area (Å²) >= 11 is 0. The van der Waals surface area contributed by atoms with Crippen molar-refractivity contribution in [2.24, 2.45) is 0 Å². The number of aliphatic hydroxyl groups excluding tert-OH is 1. The van der Waals surface area contributed by atoms with Gasteiger partial charge in [-0.05, 0) is 24.1 Å². The Labute approximate surface area is 118 Å². The fraction of sp³-hybridized carbons (Fsp3) is 0.467. The Bertz CT molecular complexity index is 507. The zero-order chi connectivity index (χ0) is 14.5. The molecule has 1 fully saturated rings. The predicted molar refractivity (Wildman–Crippen MR) is 74.8 cm³/mol. The van der Waals surface area contributed by atoms with E-state index in [1.165, 1.54) is 0 Å². The zero-order valence-corrected chi connectivity index (χ0v) is 11.5. The van der Waals surface area contributed by atoms with Crippen molar-refractivity contribution >= 4 is 5.91 Å². The molecule has 2 rings (SSSR count). The van der Waals surface area contributed by atoms with E-state index in [-0.39, 0.29) is 11.9 Å². The Balaban J connectivity index is 1.84. The van der Waals surface area contributed by atoms with Crippen LogP contribution >= 0.6 is 0 Å². The first-order chi connectivity index (χ1) is 9.60. The molecule has 106 valence electrons. The van der Waals surface area contributed by atoms with Crippen LogP contribution in [0.2, 0.25) is 0 Å². The van der Waals surface area contributed by atoms with Gasteiger partial charge in [-0.1, -0.05) is 12.1 Å². The van der Waals surface area contributed by atoms with Gasteiger partial charge in [-0.3, -0.25) is 4.79 Å². The van der Waals surface area contributed by atoms with Gasteiger partial charge in [-0.25, -0.2) is 0 Å². The van der Waals surface area contributed by atoms with Gasteiger partial charge in [0.05, 0.1) is 17.7 Å². The molecule has 0 aliphatic carbocycles. The lowest BCUT2D eigenvalue weighted by atomic mass is 10.0. The molecule has 1 aliphatic rings. The molecule has 1 amide bonds. The highest BCUT2D eigenvalue weighted by atomic mass is 16.3. The van der Waals surface area contributed by atoms with E-state index >= 15 is 0 Å². The molecule has 1 aliphatic heterocycles. The molecule has 0 spiro atoms. The first-order valence-electron chi connectivity index (χ1n) is 6.75. The number of nitriles is 1. The summed E-state index contributed by atoms with van der Waals surface area (Å²) in [6, 6.07) is 9.21. The Hall–Kier alpha value is -1.90. The molecule has 1 heterocycles. The van der Waals surface area contributed by atoms with Gasteiger partial charge in [0.2, 0.25) is 5.91 Å². The van der Waals surface area contributed by atoms with Crippen LogP contribution in [0.4, 0.5) is 0 Å². The summed E-state index contributed by atoms with van der Waals surface area (Å²) in [5.74, 6) is 0.177. The number of likely N-dealkylation sites (N-methyl/N-ethyl adjacent to an activating group) is 1. The van der Waals surface area contributed by atoms with Crippen LogP contribution in [-0.2, 0) is 4.79 Å². The van der Waals surface area contributed by atoms with Crippen molar-refractivity contribution in [2.45, 2.75) is 25.0 Å². The molecule has 5 heteroatoms. The van der Waals surface area contributed by atoms with Gasteiger partial charge in [-0.15, -0.1) is 0 Å². The number of likely N-dealkylation sites (tertiary alicyclic amines) is 1. The van der Waals surface area contributed by atoms with Crippen molar-refractivity contribution in [3.8, 4) is 6.07 Å². The van der Waals surface area contributed by atoms with Crippen molar-refractivity contribution in [3.05, 3.63) is 35.4 Å². The molecule has 2 unspecified atom stereocenters. The summed E-state index contributed by atoms with van der Waals surface area (Å²) in [7, 11) is 1.80. The normalized spacial score (nSPS) is 20.6. The Kier molecular flexibility index (Phi) is 4.72. The summed E-state index contributed by atoms with van der Waals surface area (Å²) in [6.45, 7) is 1.12. The van der Waals surface area contributed by atoms with E-state index in [1.807, 2.05) is 0 Å². The molecule has 1 saturated heterocycles. The smallest absolute Gasteiger partial charge is 0.222 e. The molecule has 5 nitrogen and oxygen atoms in total. The van der Waals surface area contributed by atoms with E-state index in [0.717, 1.165) is 12.0 Å². The number of hydrogen-bond donors (Lipinski definition) is 2. The van der Waals surface area contributed by atoms with Crippen LogP contribution in [0.5, 0.6) is 0 Å². The first kappa shape index (κ1) is 14.5. The number of benzene rings is 1. The third-order valence-corrected chi connectivity index (χ3v) is 3.65. The van der Waals surface area contributed by atoms with Crippen LogP contribution in [0.25, 0.3) is 0 Å². The third-order valence-electron chi connectivity index (χ3n) is 3.65. The highest BCUT2D eigenvalue weighted by molar-refractivity contribution is 5.76. The highest BCUT2D eigenvalue weighted by Gasteiger charge is 2.22. The molecule has 0 radical (unpaired) electrons. The lowest BCUT2D eigenvalue weighted by Crippen LogP contribution is -2.47. The topological polar surface area (TPSA) is 76.4 Å². The van der Waals surface area contributed by atoms with Crippen LogP contribution in [0.15, 0.2) is 24.3 Å². The molecule has 2 atom stereocenters. The molecule has 1 aromatic carbocycles. The van der Waals surface area contributed by atoms with Gasteiger partial charge in [0.25, 0.3) is 0 Å². The number of hydrogen-bond acceptors (Lipinski definition) is 4. The number of nitrogens with zero attached hydrogens (tertiary/aromatic N) is 2. The fourth-order valence-corrected chi connectivity index (χ4v) is 2.35. The highest BCUT2D eigenvalue weighted by Crippen LogP contribution is 2.15. The molecule has 0 saturated carbocycles. The summed E-state index contributed by atoms with van der Waals surface area (Å²) in [5.41, 5.74) is 1.37. The number of carbonyl (C=O) groups is 1. The van der Waals surface area contributed by atoms with Gasteiger partial charge in [0.15, 0.2) is 0 Å². The van der Waals surface area contributed by atoms with Gasteiger partial charge in [0.1, 0.15) is 0 Å². The SMILES string of the molecule is CN1CC(NCC(O)c2ccc(C#N)cc2)CCC1=O. The lowest BCUT2D eigenvalue weighted by molar-refractivity contribution is -0.132. The first-order valence-corrected chi connectivity index (χ1v) is 6.75. The molecule has 2 N–H and O–H groups in total. The van der Waals surface area contributed by atoms with Crippen molar-refractivity contribution < 1.29 is 9.90 Å². The second-order valence-corrected chi connectivity index (χ2v) is 5.17. The van der Waals surface area contributed by atoms with Crippen molar-refractivity contribution in [1.82, 2.24) is 10.2 Å². The van der Waals surface area contributed by atoms with Gasteiger partial charge >= 0.3 is 0 Å². The lowest BCUT2D eigenvalue weighted by Gasteiger charge is -2.30. The Morgan fingerprint density at radius 3 is 2.80 bits per heavy atom.